The molecule has 116 valence electrons. The first-order valence-electron chi connectivity index (χ1n) is 6.70. The van der Waals surface area contributed by atoms with Crippen LogP contribution in [0.4, 0.5) is 10.1 Å². The summed E-state index contributed by atoms with van der Waals surface area (Å²) in [6.07, 6.45) is 0.639. The van der Waals surface area contributed by atoms with Crippen LogP contribution < -0.4 is 10.6 Å². The number of halogens is 3. The lowest BCUT2D eigenvalue weighted by Gasteiger charge is -2.12. The molecule has 1 unspecified atom stereocenters. The van der Waals surface area contributed by atoms with E-state index in [1.165, 1.54) is 6.07 Å². The first kappa shape index (κ1) is 16.6. The Morgan fingerprint density at radius 2 is 2.05 bits per heavy atom. The number of para-hydroxylation sites is 1. The molecular weight excluding hydrogens is 326 g/mol. The number of anilines is 1. The maximum Gasteiger partial charge on any atom is 0.243 e. The smallest absolute Gasteiger partial charge is 0.243 e. The van der Waals surface area contributed by atoms with Gasteiger partial charge in [-0.25, -0.2) is 4.39 Å². The number of benzene rings is 2. The summed E-state index contributed by atoms with van der Waals surface area (Å²) in [7, 11) is 0. The summed E-state index contributed by atoms with van der Waals surface area (Å²) in [4.78, 5) is 12.2. The van der Waals surface area contributed by atoms with Crippen molar-refractivity contribution in [1.29, 1.82) is 0 Å². The molecule has 22 heavy (non-hydrogen) atoms. The lowest BCUT2D eigenvalue weighted by molar-refractivity contribution is -0.121. The van der Waals surface area contributed by atoms with E-state index >= 15 is 0 Å². The van der Waals surface area contributed by atoms with Gasteiger partial charge in [-0.1, -0.05) is 41.9 Å². The quantitative estimate of drug-likeness (QED) is 0.896. The molecule has 0 saturated heterocycles. The van der Waals surface area contributed by atoms with E-state index in [2.05, 4.69) is 10.6 Å². The Bertz CT molecular complexity index is 669. The molecule has 0 spiro atoms. The van der Waals surface area contributed by atoms with Crippen molar-refractivity contribution in [1.82, 2.24) is 5.32 Å². The molecule has 1 amide bonds. The molecule has 2 aromatic rings. The molecule has 1 atom stereocenters. The molecule has 0 fully saturated rings. The molecule has 1 aliphatic heterocycles. The van der Waals surface area contributed by atoms with Crippen molar-refractivity contribution >= 4 is 35.6 Å². The molecule has 3 rings (SSSR count). The lowest BCUT2D eigenvalue weighted by Crippen LogP contribution is -2.38. The van der Waals surface area contributed by atoms with Crippen molar-refractivity contribution in [3.63, 3.8) is 0 Å². The zero-order valence-electron chi connectivity index (χ0n) is 11.6. The number of hydrogen-bond acceptors (Lipinski definition) is 2. The van der Waals surface area contributed by atoms with Gasteiger partial charge in [0.15, 0.2) is 0 Å². The predicted molar refractivity (Wildman–Crippen MR) is 88.1 cm³/mol. The third-order valence-corrected chi connectivity index (χ3v) is 3.86. The van der Waals surface area contributed by atoms with Crippen LogP contribution in [-0.4, -0.2) is 11.9 Å². The monoisotopic (exact) mass is 340 g/mol. The number of carbonyl (C=O) groups is 1. The summed E-state index contributed by atoms with van der Waals surface area (Å²) in [6.45, 7) is 0.125. The number of carbonyl (C=O) groups excluding carboxylic acids is 1. The first-order valence-corrected chi connectivity index (χ1v) is 7.08. The SMILES string of the molecule is Cl.O=C(NCc1cccc(Cl)c1F)C1Cc2ccccc2N1. The predicted octanol–water partition coefficient (Wildman–Crippen LogP) is 3.55. The van der Waals surface area contributed by atoms with Crippen molar-refractivity contribution in [2.24, 2.45) is 0 Å². The molecule has 0 saturated carbocycles. The average Bonchev–Trinajstić information content (AvgIpc) is 2.92. The van der Waals surface area contributed by atoms with Crippen molar-refractivity contribution in [3.05, 3.63) is 64.4 Å². The Hall–Kier alpha value is -1.78. The van der Waals surface area contributed by atoms with Crippen LogP contribution >= 0.6 is 24.0 Å². The van der Waals surface area contributed by atoms with Gasteiger partial charge < -0.3 is 10.6 Å². The molecular formula is C16H15Cl2FN2O. The van der Waals surface area contributed by atoms with Crippen LogP contribution in [0.15, 0.2) is 42.5 Å². The van der Waals surface area contributed by atoms with Gasteiger partial charge in [-0.2, -0.15) is 0 Å². The van der Waals surface area contributed by atoms with E-state index in [1.54, 1.807) is 12.1 Å². The molecule has 2 aromatic carbocycles. The Morgan fingerprint density at radius 3 is 2.82 bits per heavy atom. The largest absolute Gasteiger partial charge is 0.373 e. The van der Waals surface area contributed by atoms with Crippen molar-refractivity contribution in [3.8, 4) is 0 Å². The van der Waals surface area contributed by atoms with Crippen molar-refractivity contribution in [2.45, 2.75) is 19.0 Å². The molecule has 0 radical (unpaired) electrons. The topological polar surface area (TPSA) is 41.1 Å². The standard InChI is InChI=1S/C16H14ClFN2O.ClH/c17-12-6-3-5-11(15(12)18)9-19-16(21)14-8-10-4-1-2-7-13(10)20-14;/h1-7,14,20H,8-9H2,(H,19,21);1H. The third-order valence-electron chi connectivity index (χ3n) is 3.57. The molecule has 0 aliphatic carbocycles. The number of hydrogen-bond donors (Lipinski definition) is 2. The van der Waals surface area contributed by atoms with Crippen LogP contribution in [0.2, 0.25) is 5.02 Å². The van der Waals surface area contributed by atoms with E-state index in [0.717, 1.165) is 11.3 Å². The van der Waals surface area contributed by atoms with E-state index in [0.29, 0.717) is 12.0 Å². The highest BCUT2D eigenvalue weighted by atomic mass is 35.5. The summed E-state index contributed by atoms with van der Waals surface area (Å²) >= 11 is 5.72. The van der Waals surface area contributed by atoms with E-state index in [-0.39, 0.29) is 35.9 Å². The minimum absolute atomic E-state index is 0. The molecule has 2 N–H and O–H groups in total. The lowest BCUT2D eigenvalue weighted by atomic mass is 10.1. The Balaban J connectivity index is 0.00000176. The highest BCUT2D eigenvalue weighted by molar-refractivity contribution is 6.30. The second kappa shape index (κ2) is 6.99. The van der Waals surface area contributed by atoms with Crippen LogP contribution in [0.25, 0.3) is 0 Å². The Kier molecular flexibility index (Phi) is 5.27. The fourth-order valence-electron chi connectivity index (χ4n) is 2.45. The zero-order chi connectivity index (χ0) is 14.8. The van der Waals surface area contributed by atoms with Gasteiger partial charge in [-0.3, -0.25) is 4.79 Å². The van der Waals surface area contributed by atoms with Crippen LogP contribution in [0.5, 0.6) is 0 Å². The van der Waals surface area contributed by atoms with Gasteiger partial charge in [0.05, 0.1) is 5.02 Å². The van der Waals surface area contributed by atoms with Gasteiger partial charge in [0.1, 0.15) is 11.9 Å². The van der Waals surface area contributed by atoms with Gasteiger partial charge in [-0.05, 0) is 17.7 Å². The van der Waals surface area contributed by atoms with Crippen LogP contribution in [0.3, 0.4) is 0 Å². The van der Waals surface area contributed by atoms with Gasteiger partial charge in [0, 0.05) is 24.2 Å². The highest BCUT2D eigenvalue weighted by Crippen LogP contribution is 2.25. The van der Waals surface area contributed by atoms with Gasteiger partial charge in [0.2, 0.25) is 5.91 Å². The molecule has 3 nitrogen and oxygen atoms in total. The van der Waals surface area contributed by atoms with Gasteiger partial charge >= 0.3 is 0 Å². The molecule has 0 bridgehead atoms. The molecule has 6 heteroatoms. The zero-order valence-corrected chi connectivity index (χ0v) is 13.2. The average molecular weight is 341 g/mol. The van der Waals surface area contributed by atoms with Crippen molar-refractivity contribution in [2.75, 3.05) is 5.32 Å². The molecule has 0 aromatic heterocycles. The summed E-state index contributed by atoms with van der Waals surface area (Å²) in [5.41, 5.74) is 2.48. The van der Waals surface area contributed by atoms with Crippen molar-refractivity contribution < 1.29 is 9.18 Å². The van der Waals surface area contributed by atoms with Gasteiger partial charge in [-0.15, -0.1) is 12.4 Å². The second-order valence-electron chi connectivity index (χ2n) is 4.99. The maximum absolute atomic E-state index is 13.7. The fourth-order valence-corrected chi connectivity index (χ4v) is 2.64. The van der Waals surface area contributed by atoms with E-state index in [4.69, 9.17) is 11.6 Å². The number of fused-ring (bicyclic) bond motifs is 1. The van der Waals surface area contributed by atoms with Crippen LogP contribution in [0.1, 0.15) is 11.1 Å². The molecule has 1 heterocycles. The second-order valence-corrected chi connectivity index (χ2v) is 5.40. The maximum atomic E-state index is 13.7. The third kappa shape index (κ3) is 3.34. The number of rotatable bonds is 3. The first-order chi connectivity index (χ1) is 10.1. The summed E-state index contributed by atoms with van der Waals surface area (Å²) in [5, 5.41) is 5.97. The summed E-state index contributed by atoms with van der Waals surface area (Å²) in [6, 6.07) is 12.2. The van der Waals surface area contributed by atoms with E-state index in [9.17, 15) is 9.18 Å². The Labute approximate surface area is 139 Å². The van der Waals surface area contributed by atoms with Gasteiger partial charge in [0.25, 0.3) is 0 Å². The van der Waals surface area contributed by atoms with E-state index in [1.807, 2.05) is 24.3 Å². The summed E-state index contributed by atoms with van der Waals surface area (Å²) < 4.78 is 13.7. The fraction of sp³-hybridized carbons (Fsp3) is 0.188. The van der Waals surface area contributed by atoms with Crippen LogP contribution in [-0.2, 0) is 17.8 Å². The minimum atomic E-state index is -0.484. The highest BCUT2D eigenvalue weighted by Gasteiger charge is 2.26. The van der Waals surface area contributed by atoms with E-state index < -0.39 is 5.82 Å². The van der Waals surface area contributed by atoms with Crippen LogP contribution in [0, 0.1) is 5.82 Å². The number of nitrogens with one attached hydrogen (secondary N) is 2. The normalized spacial score (nSPS) is 15.5. The number of amides is 1. The Morgan fingerprint density at radius 1 is 1.27 bits per heavy atom. The minimum Gasteiger partial charge on any atom is -0.373 e. The molecule has 1 aliphatic rings. The summed E-state index contributed by atoms with van der Waals surface area (Å²) in [5.74, 6) is -0.632.